The molecule has 3 heteroatoms. The molecule has 1 fully saturated rings. The summed E-state index contributed by atoms with van der Waals surface area (Å²) in [6.45, 7) is 8.60. The molecule has 1 amide bonds. The number of amides is 1. The fourth-order valence-electron chi connectivity index (χ4n) is 2.58. The second-order valence-electron chi connectivity index (χ2n) is 5.54. The number of ether oxygens (including phenoxy) is 1. The van der Waals surface area contributed by atoms with Gasteiger partial charge in [0.05, 0.1) is 6.10 Å². The highest BCUT2D eigenvalue weighted by molar-refractivity contribution is 5.77. The van der Waals surface area contributed by atoms with Gasteiger partial charge in [-0.15, -0.1) is 0 Å². The highest BCUT2D eigenvalue weighted by atomic mass is 16.5. The molecule has 1 rings (SSSR count). The normalized spacial score (nSPS) is 30.4. The molecule has 0 radical (unpaired) electrons. The van der Waals surface area contributed by atoms with Crippen molar-refractivity contribution in [3.05, 3.63) is 0 Å². The topological polar surface area (TPSA) is 38.3 Å². The van der Waals surface area contributed by atoms with Gasteiger partial charge in [0.2, 0.25) is 5.91 Å². The van der Waals surface area contributed by atoms with E-state index in [2.05, 4.69) is 19.2 Å². The van der Waals surface area contributed by atoms with Crippen molar-refractivity contribution in [3.8, 4) is 0 Å². The number of carbonyl (C=O) groups is 1. The number of carbonyl (C=O) groups excluding carboxylic acids is 1. The van der Waals surface area contributed by atoms with Crippen molar-refractivity contribution < 1.29 is 9.53 Å². The summed E-state index contributed by atoms with van der Waals surface area (Å²) in [5, 5.41) is 3.07. The van der Waals surface area contributed by atoms with Crippen LogP contribution in [0, 0.1) is 11.8 Å². The molecule has 0 aromatic rings. The van der Waals surface area contributed by atoms with Crippen molar-refractivity contribution in [1.82, 2.24) is 5.32 Å². The molecule has 3 nitrogen and oxygen atoms in total. The molecule has 1 aliphatic rings. The van der Waals surface area contributed by atoms with Crippen LogP contribution in [0.1, 0.15) is 47.0 Å². The summed E-state index contributed by atoms with van der Waals surface area (Å²) in [6.07, 6.45) is 3.62. The van der Waals surface area contributed by atoms with Crippen LogP contribution in [0.25, 0.3) is 0 Å². The van der Waals surface area contributed by atoms with Gasteiger partial charge in [-0.1, -0.05) is 13.8 Å². The van der Waals surface area contributed by atoms with Crippen molar-refractivity contribution in [2.75, 3.05) is 6.61 Å². The van der Waals surface area contributed by atoms with E-state index in [4.69, 9.17) is 4.74 Å². The van der Waals surface area contributed by atoms with E-state index in [-0.39, 0.29) is 18.6 Å². The van der Waals surface area contributed by atoms with E-state index in [1.54, 1.807) is 0 Å². The van der Waals surface area contributed by atoms with E-state index in [1.165, 1.54) is 6.42 Å². The van der Waals surface area contributed by atoms with Crippen LogP contribution in [0.3, 0.4) is 0 Å². The zero-order chi connectivity index (χ0) is 12.1. The van der Waals surface area contributed by atoms with Crippen molar-refractivity contribution >= 4 is 5.91 Å². The maximum atomic E-state index is 11.6. The van der Waals surface area contributed by atoms with Gasteiger partial charge in [0.1, 0.15) is 6.61 Å². The van der Waals surface area contributed by atoms with Crippen LogP contribution in [0.15, 0.2) is 0 Å². The highest BCUT2D eigenvalue weighted by Gasteiger charge is 2.24. The number of hydrogen-bond acceptors (Lipinski definition) is 2. The first-order valence-electron chi connectivity index (χ1n) is 6.38. The molecule has 0 aromatic carbocycles. The highest BCUT2D eigenvalue weighted by Crippen LogP contribution is 2.28. The van der Waals surface area contributed by atoms with Crippen LogP contribution < -0.4 is 5.32 Å². The zero-order valence-electron chi connectivity index (χ0n) is 11.0. The minimum Gasteiger partial charge on any atom is -0.369 e. The number of nitrogens with one attached hydrogen (secondary N) is 1. The van der Waals surface area contributed by atoms with Crippen molar-refractivity contribution in [1.29, 1.82) is 0 Å². The van der Waals surface area contributed by atoms with E-state index in [0.717, 1.165) is 24.7 Å². The van der Waals surface area contributed by atoms with E-state index in [9.17, 15) is 4.79 Å². The summed E-state index contributed by atoms with van der Waals surface area (Å²) in [5.74, 6) is 1.47. The average Bonchev–Trinajstić information content (AvgIpc) is 2.12. The second-order valence-corrected chi connectivity index (χ2v) is 5.54. The number of rotatable bonds is 4. The molecule has 2 unspecified atom stereocenters. The maximum absolute atomic E-state index is 11.6. The third-order valence-electron chi connectivity index (χ3n) is 3.09. The maximum Gasteiger partial charge on any atom is 0.246 e. The molecular weight excluding hydrogens is 202 g/mol. The Balaban J connectivity index is 2.27. The Bertz CT molecular complexity index is 218. The molecule has 0 bridgehead atoms. The fraction of sp³-hybridized carbons (Fsp3) is 0.923. The molecule has 0 aromatic heterocycles. The Morgan fingerprint density at radius 1 is 1.25 bits per heavy atom. The smallest absolute Gasteiger partial charge is 0.246 e. The quantitative estimate of drug-likeness (QED) is 0.800. The third kappa shape index (κ3) is 4.97. The summed E-state index contributed by atoms with van der Waals surface area (Å²) < 4.78 is 5.29. The lowest BCUT2D eigenvalue weighted by Crippen LogP contribution is -2.41. The van der Waals surface area contributed by atoms with Crippen molar-refractivity contribution in [2.45, 2.75) is 59.1 Å². The fourth-order valence-corrected chi connectivity index (χ4v) is 2.58. The molecule has 1 aliphatic carbocycles. The second kappa shape index (κ2) is 6.24. The van der Waals surface area contributed by atoms with Gasteiger partial charge < -0.3 is 10.1 Å². The molecule has 16 heavy (non-hydrogen) atoms. The summed E-state index contributed by atoms with van der Waals surface area (Å²) in [6, 6.07) is 0.349. The Morgan fingerprint density at radius 2 is 1.81 bits per heavy atom. The summed E-state index contributed by atoms with van der Waals surface area (Å²) in [7, 11) is 0. The van der Waals surface area contributed by atoms with E-state index in [0.29, 0.717) is 6.04 Å². The van der Waals surface area contributed by atoms with Gasteiger partial charge >= 0.3 is 0 Å². The lowest BCUT2D eigenvalue weighted by Gasteiger charge is -2.32. The Morgan fingerprint density at radius 3 is 2.31 bits per heavy atom. The first-order valence-corrected chi connectivity index (χ1v) is 6.38. The van der Waals surface area contributed by atoms with Crippen LogP contribution in [0.4, 0.5) is 0 Å². The van der Waals surface area contributed by atoms with Gasteiger partial charge in [-0.05, 0) is 44.9 Å². The lowest BCUT2D eigenvalue weighted by molar-refractivity contribution is -0.128. The van der Waals surface area contributed by atoms with E-state index >= 15 is 0 Å². The predicted molar refractivity (Wildman–Crippen MR) is 65.2 cm³/mol. The van der Waals surface area contributed by atoms with Gasteiger partial charge in [-0.2, -0.15) is 0 Å². The molecule has 0 aliphatic heterocycles. The first-order chi connectivity index (χ1) is 7.47. The van der Waals surface area contributed by atoms with Crippen molar-refractivity contribution in [3.63, 3.8) is 0 Å². The SMILES string of the molecule is CC1CC(C)CC(NC(=O)COC(C)C)C1. The van der Waals surface area contributed by atoms with Gasteiger partial charge in [-0.3, -0.25) is 4.79 Å². The number of hydrogen-bond donors (Lipinski definition) is 1. The predicted octanol–water partition coefficient (Wildman–Crippen LogP) is 2.35. The minimum atomic E-state index is 0.0278. The summed E-state index contributed by atoms with van der Waals surface area (Å²) in [4.78, 5) is 11.6. The monoisotopic (exact) mass is 227 g/mol. The van der Waals surface area contributed by atoms with Crippen LogP contribution in [-0.4, -0.2) is 24.7 Å². The molecule has 2 atom stereocenters. The molecule has 0 spiro atoms. The van der Waals surface area contributed by atoms with E-state index in [1.807, 2.05) is 13.8 Å². The van der Waals surface area contributed by atoms with Crippen LogP contribution >= 0.6 is 0 Å². The van der Waals surface area contributed by atoms with Crippen molar-refractivity contribution in [2.24, 2.45) is 11.8 Å². The first kappa shape index (κ1) is 13.5. The van der Waals surface area contributed by atoms with Gasteiger partial charge in [0.25, 0.3) is 0 Å². The average molecular weight is 227 g/mol. The summed E-state index contributed by atoms with van der Waals surface area (Å²) in [5.41, 5.74) is 0. The standard InChI is InChI=1S/C13H25NO2/c1-9(2)16-8-13(15)14-12-6-10(3)5-11(4)7-12/h9-12H,5-8H2,1-4H3,(H,14,15). The Labute approximate surface area is 98.9 Å². The third-order valence-corrected chi connectivity index (χ3v) is 3.09. The molecule has 1 saturated carbocycles. The zero-order valence-corrected chi connectivity index (χ0v) is 11.0. The molecule has 94 valence electrons. The van der Waals surface area contributed by atoms with Crippen LogP contribution in [0.2, 0.25) is 0 Å². The Hall–Kier alpha value is -0.570. The van der Waals surface area contributed by atoms with Crippen LogP contribution in [0.5, 0.6) is 0 Å². The van der Waals surface area contributed by atoms with Gasteiger partial charge in [-0.25, -0.2) is 0 Å². The van der Waals surface area contributed by atoms with E-state index < -0.39 is 0 Å². The van der Waals surface area contributed by atoms with Gasteiger partial charge in [0, 0.05) is 6.04 Å². The molecular formula is C13H25NO2. The Kier molecular flexibility index (Phi) is 5.26. The largest absolute Gasteiger partial charge is 0.369 e. The minimum absolute atomic E-state index is 0.0278. The lowest BCUT2D eigenvalue weighted by atomic mass is 9.80. The summed E-state index contributed by atoms with van der Waals surface area (Å²) >= 11 is 0. The van der Waals surface area contributed by atoms with Gasteiger partial charge in [0.15, 0.2) is 0 Å². The molecule has 0 saturated heterocycles. The van der Waals surface area contributed by atoms with Crippen LogP contribution in [-0.2, 0) is 9.53 Å². The molecule has 1 N–H and O–H groups in total. The molecule has 0 heterocycles.